The third kappa shape index (κ3) is 3.18. The van der Waals surface area contributed by atoms with Crippen molar-refractivity contribution in [1.29, 1.82) is 0 Å². The highest BCUT2D eigenvalue weighted by atomic mass is 32.2. The number of sulfonamides is 1. The number of hydrogen-bond donors (Lipinski definition) is 2. The fraction of sp³-hybridized carbons (Fsp3) is 0.200. The molecule has 5 heteroatoms. The zero-order valence-corrected chi connectivity index (χ0v) is 12.4. The number of para-hydroxylation sites is 1. The second kappa shape index (κ2) is 5.64. The van der Waals surface area contributed by atoms with Gasteiger partial charge in [-0.05, 0) is 48.7 Å². The van der Waals surface area contributed by atoms with Crippen LogP contribution in [-0.2, 0) is 16.6 Å². The van der Waals surface area contributed by atoms with Crippen molar-refractivity contribution in [2.24, 2.45) is 0 Å². The summed E-state index contributed by atoms with van der Waals surface area (Å²) in [4.78, 5) is 0.273. The van der Waals surface area contributed by atoms with Gasteiger partial charge in [0.1, 0.15) is 0 Å². The lowest BCUT2D eigenvalue weighted by atomic mass is 10.1. The molecule has 0 aliphatic heterocycles. The van der Waals surface area contributed by atoms with Gasteiger partial charge in [0.2, 0.25) is 10.0 Å². The molecule has 4 nitrogen and oxygen atoms in total. The predicted molar refractivity (Wildman–Crippen MR) is 80.8 cm³/mol. The van der Waals surface area contributed by atoms with E-state index in [-0.39, 0.29) is 11.4 Å². The van der Waals surface area contributed by atoms with Crippen LogP contribution in [0.2, 0.25) is 0 Å². The molecule has 0 saturated heterocycles. The Morgan fingerprint density at radius 2 is 1.75 bits per heavy atom. The Labute approximate surface area is 119 Å². The number of anilines is 1. The van der Waals surface area contributed by atoms with Crippen LogP contribution in [0.15, 0.2) is 47.4 Å². The van der Waals surface area contributed by atoms with E-state index in [2.05, 4.69) is 4.72 Å². The van der Waals surface area contributed by atoms with E-state index >= 15 is 0 Å². The van der Waals surface area contributed by atoms with Crippen LogP contribution in [0.5, 0.6) is 0 Å². The van der Waals surface area contributed by atoms with Gasteiger partial charge in [-0.15, -0.1) is 0 Å². The van der Waals surface area contributed by atoms with Crippen molar-refractivity contribution >= 4 is 15.7 Å². The van der Waals surface area contributed by atoms with Crippen LogP contribution in [0.25, 0.3) is 0 Å². The Bertz CT molecular complexity index is 724. The topological polar surface area (TPSA) is 72.2 Å². The quantitative estimate of drug-likeness (QED) is 0.849. The number of benzene rings is 2. The van der Waals surface area contributed by atoms with E-state index in [1.54, 1.807) is 30.3 Å². The monoisotopic (exact) mass is 290 g/mol. The molecule has 0 fully saturated rings. The molecule has 0 unspecified atom stereocenters. The SMILES string of the molecule is Cc1ccc(S(=O)(=O)NCc2ccccc2N)cc1C. The molecule has 0 bridgehead atoms. The van der Waals surface area contributed by atoms with Gasteiger partial charge in [-0.3, -0.25) is 0 Å². The van der Waals surface area contributed by atoms with Gasteiger partial charge in [-0.2, -0.15) is 0 Å². The van der Waals surface area contributed by atoms with Crippen LogP contribution >= 0.6 is 0 Å². The maximum absolute atomic E-state index is 12.2. The molecule has 20 heavy (non-hydrogen) atoms. The summed E-state index contributed by atoms with van der Waals surface area (Å²) in [6.07, 6.45) is 0. The van der Waals surface area contributed by atoms with Crippen molar-refractivity contribution < 1.29 is 8.42 Å². The molecular weight excluding hydrogens is 272 g/mol. The van der Waals surface area contributed by atoms with Gasteiger partial charge in [0.05, 0.1) is 4.90 Å². The fourth-order valence-electron chi connectivity index (χ4n) is 1.83. The van der Waals surface area contributed by atoms with Crippen LogP contribution < -0.4 is 10.5 Å². The molecule has 106 valence electrons. The first-order chi connectivity index (χ1) is 9.40. The predicted octanol–water partition coefficient (Wildman–Crippen LogP) is 2.36. The first-order valence-corrected chi connectivity index (χ1v) is 7.79. The maximum atomic E-state index is 12.2. The summed E-state index contributed by atoms with van der Waals surface area (Å²) < 4.78 is 27.0. The average molecular weight is 290 g/mol. The summed E-state index contributed by atoms with van der Waals surface area (Å²) in [7, 11) is -3.52. The molecule has 0 aliphatic rings. The summed E-state index contributed by atoms with van der Waals surface area (Å²) in [5.74, 6) is 0. The largest absolute Gasteiger partial charge is 0.398 e. The summed E-state index contributed by atoms with van der Waals surface area (Å²) in [6, 6.07) is 12.3. The van der Waals surface area contributed by atoms with Gasteiger partial charge < -0.3 is 5.73 Å². The van der Waals surface area contributed by atoms with Crippen LogP contribution in [-0.4, -0.2) is 8.42 Å². The number of nitrogens with two attached hydrogens (primary N) is 1. The number of aryl methyl sites for hydroxylation is 2. The number of nitrogen functional groups attached to an aromatic ring is 1. The molecule has 0 aromatic heterocycles. The zero-order valence-electron chi connectivity index (χ0n) is 11.6. The van der Waals surface area contributed by atoms with E-state index < -0.39 is 10.0 Å². The second-order valence-corrected chi connectivity index (χ2v) is 6.54. The number of hydrogen-bond acceptors (Lipinski definition) is 3. The summed E-state index contributed by atoms with van der Waals surface area (Å²) in [5.41, 5.74) is 9.16. The van der Waals surface area contributed by atoms with Gasteiger partial charge in [0.25, 0.3) is 0 Å². The van der Waals surface area contributed by atoms with E-state index in [1.807, 2.05) is 26.0 Å². The average Bonchev–Trinajstić information content (AvgIpc) is 2.41. The molecule has 0 amide bonds. The number of rotatable bonds is 4. The highest BCUT2D eigenvalue weighted by Gasteiger charge is 2.14. The second-order valence-electron chi connectivity index (χ2n) is 4.77. The van der Waals surface area contributed by atoms with Gasteiger partial charge in [-0.25, -0.2) is 13.1 Å². The molecule has 0 saturated carbocycles. The Morgan fingerprint density at radius 3 is 2.40 bits per heavy atom. The summed E-state index contributed by atoms with van der Waals surface area (Å²) in [6.45, 7) is 4.02. The Hall–Kier alpha value is -1.85. The molecular formula is C15H18N2O2S. The van der Waals surface area contributed by atoms with Crippen LogP contribution in [0.4, 0.5) is 5.69 Å². The lowest BCUT2D eigenvalue weighted by Crippen LogP contribution is -2.23. The van der Waals surface area contributed by atoms with Crippen molar-refractivity contribution in [3.8, 4) is 0 Å². The smallest absolute Gasteiger partial charge is 0.240 e. The summed E-state index contributed by atoms with van der Waals surface area (Å²) >= 11 is 0. The fourth-order valence-corrected chi connectivity index (χ4v) is 2.92. The van der Waals surface area contributed by atoms with Crippen molar-refractivity contribution in [1.82, 2.24) is 4.72 Å². The molecule has 0 atom stereocenters. The summed E-state index contributed by atoms with van der Waals surface area (Å²) in [5, 5.41) is 0. The minimum Gasteiger partial charge on any atom is -0.398 e. The third-order valence-electron chi connectivity index (χ3n) is 3.30. The third-order valence-corrected chi connectivity index (χ3v) is 4.70. The van der Waals surface area contributed by atoms with Gasteiger partial charge in [0.15, 0.2) is 0 Å². The Kier molecular flexibility index (Phi) is 4.11. The Morgan fingerprint density at radius 1 is 1.05 bits per heavy atom. The molecule has 3 N–H and O–H groups in total. The molecule has 0 heterocycles. The van der Waals surface area contributed by atoms with Gasteiger partial charge in [-0.1, -0.05) is 24.3 Å². The van der Waals surface area contributed by atoms with Crippen molar-refractivity contribution in [2.75, 3.05) is 5.73 Å². The first kappa shape index (κ1) is 14.6. The van der Waals surface area contributed by atoms with Crippen molar-refractivity contribution in [2.45, 2.75) is 25.3 Å². The molecule has 2 rings (SSSR count). The molecule has 0 radical (unpaired) electrons. The lowest BCUT2D eigenvalue weighted by Gasteiger charge is -2.10. The highest BCUT2D eigenvalue weighted by Crippen LogP contribution is 2.16. The van der Waals surface area contributed by atoms with Gasteiger partial charge in [0, 0.05) is 12.2 Å². The van der Waals surface area contributed by atoms with E-state index in [4.69, 9.17) is 5.73 Å². The van der Waals surface area contributed by atoms with Crippen LogP contribution in [0.1, 0.15) is 16.7 Å². The maximum Gasteiger partial charge on any atom is 0.240 e. The minimum atomic E-state index is -3.52. The lowest BCUT2D eigenvalue weighted by molar-refractivity contribution is 0.581. The molecule has 0 spiro atoms. The standard InChI is InChI=1S/C15H18N2O2S/c1-11-7-8-14(9-12(11)2)20(18,19)17-10-13-5-3-4-6-15(13)16/h3-9,17H,10,16H2,1-2H3. The first-order valence-electron chi connectivity index (χ1n) is 6.30. The van der Waals surface area contributed by atoms with Crippen molar-refractivity contribution in [3.05, 3.63) is 59.2 Å². The van der Waals surface area contributed by atoms with E-state index in [1.165, 1.54) is 0 Å². The van der Waals surface area contributed by atoms with E-state index in [0.717, 1.165) is 16.7 Å². The number of nitrogens with one attached hydrogen (secondary N) is 1. The highest BCUT2D eigenvalue weighted by molar-refractivity contribution is 7.89. The minimum absolute atomic E-state index is 0.182. The molecule has 0 aliphatic carbocycles. The normalized spacial score (nSPS) is 11.5. The van der Waals surface area contributed by atoms with Crippen LogP contribution in [0.3, 0.4) is 0 Å². The molecule has 2 aromatic rings. The molecule has 2 aromatic carbocycles. The van der Waals surface area contributed by atoms with E-state index in [0.29, 0.717) is 5.69 Å². The van der Waals surface area contributed by atoms with Gasteiger partial charge >= 0.3 is 0 Å². The van der Waals surface area contributed by atoms with Crippen LogP contribution in [0, 0.1) is 13.8 Å². The zero-order chi connectivity index (χ0) is 14.8. The van der Waals surface area contributed by atoms with E-state index in [9.17, 15) is 8.42 Å². The Balaban J connectivity index is 2.19. The van der Waals surface area contributed by atoms with Crippen molar-refractivity contribution in [3.63, 3.8) is 0 Å².